The molecule has 15 heavy (non-hydrogen) atoms. The second-order valence-electron chi connectivity index (χ2n) is 3.00. The number of aromatic amines is 1. The molecule has 1 heterocycles. The van der Waals surface area contributed by atoms with Crippen molar-refractivity contribution in [2.75, 3.05) is 13.2 Å². The van der Waals surface area contributed by atoms with E-state index in [1.807, 2.05) is 13.8 Å². The molecule has 0 aliphatic rings. The van der Waals surface area contributed by atoms with Crippen LogP contribution in [0.2, 0.25) is 0 Å². The number of nitrogens with one attached hydrogen (secondary N) is 1. The minimum absolute atomic E-state index is 0.193. The molecular weight excluding hydrogens is 196 g/mol. The summed E-state index contributed by atoms with van der Waals surface area (Å²) in [6.07, 6.45) is -0.555. The molecule has 0 atom stereocenters. The average molecular weight is 212 g/mol. The van der Waals surface area contributed by atoms with Gasteiger partial charge >= 0.3 is 0 Å². The fourth-order valence-corrected chi connectivity index (χ4v) is 1.24. The van der Waals surface area contributed by atoms with Crippen LogP contribution < -0.4 is 5.56 Å². The average Bonchev–Trinajstić information content (AvgIpc) is 2.16. The van der Waals surface area contributed by atoms with E-state index in [1.165, 1.54) is 6.07 Å². The molecule has 1 aromatic rings. The van der Waals surface area contributed by atoms with Gasteiger partial charge in [-0.25, -0.2) is 4.98 Å². The van der Waals surface area contributed by atoms with E-state index in [4.69, 9.17) is 9.47 Å². The Morgan fingerprint density at radius 3 is 2.47 bits per heavy atom. The number of aryl methyl sites for hydroxylation is 1. The number of hydrogen-bond acceptors (Lipinski definition) is 4. The topological polar surface area (TPSA) is 64.2 Å². The van der Waals surface area contributed by atoms with Gasteiger partial charge in [0.1, 0.15) is 11.5 Å². The molecule has 0 spiro atoms. The fraction of sp³-hybridized carbons (Fsp3) is 0.600. The molecule has 1 aromatic heterocycles. The van der Waals surface area contributed by atoms with E-state index in [2.05, 4.69) is 9.97 Å². The lowest BCUT2D eigenvalue weighted by Crippen LogP contribution is -2.17. The Balaban J connectivity index is 2.93. The van der Waals surface area contributed by atoms with E-state index >= 15 is 0 Å². The molecule has 0 radical (unpaired) electrons. The first-order chi connectivity index (χ1) is 7.17. The maximum atomic E-state index is 11.2. The van der Waals surface area contributed by atoms with Crippen LogP contribution in [0.5, 0.6) is 0 Å². The summed E-state index contributed by atoms with van der Waals surface area (Å²) < 4.78 is 10.7. The molecule has 5 heteroatoms. The normalized spacial score (nSPS) is 10.9. The van der Waals surface area contributed by atoms with Gasteiger partial charge in [-0.2, -0.15) is 0 Å². The molecule has 0 saturated carbocycles. The van der Waals surface area contributed by atoms with Gasteiger partial charge in [-0.1, -0.05) is 0 Å². The van der Waals surface area contributed by atoms with Crippen LogP contribution in [0, 0.1) is 6.92 Å². The number of H-pyrrole nitrogens is 1. The number of aromatic nitrogens is 2. The highest BCUT2D eigenvalue weighted by atomic mass is 16.7. The number of nitrogens with zero attached hydrogens (tertiary/aromatic N) is 1. The molecule has 0 aromatic carbocycles. The van der Waals surface area contributed by atoms with Gasteiger partial charge in [0.15, 0.2) is 0 Å². The van der Waals surface area contributed by atoms with E-state index in [1.54, 1.807) is 6.92 Å². The zero-order valence-electron chi connectivity index (χ0n) is 9.24. The lowest BCUT2D eigenvalue weighted by atomic mass is 10.4. The molecule has 0 bridgehead atoms. The lowest BCUT2D eigenvalue weighted by molar-refractivity contribution is -0.142. The molecule has 0 aliphatic heterocycles. The molecule has 84 valence electrons. The van der Waals surface area contributed by atoms with Crippen molar-refractivity contribution in [2.24, 2.45) is 0 Å². The fourth-order valence-electron chi connectivity index (χ4n) is 1.24. The third-order valence-electron chi connectivity index (χ3n) is 1.76. The summed E-state index contributed by atoms with van der Waals surface area (Å²) in [5.41, 5.74) is 0.321. The molecule has 1 N–H and O–H groups in total. The van der Waals surface area contributed by atoms with Crippen molar-refractivity contribution in [2.45, 2.75) is 27.1 Å². The van der Waals surface area contributed by atoms with Gasteiger partial charge in [-0.3, -0.25) is 4.79 Å². The monoisotopic (exact) mass is 212 g/mol. The molecule has 0 amide bonds. The van der Waals surface area contributed by atoms with Crippen molar-refractivity contribution in [3.8, 4) is 0 Å². The van der Waals surface area contributed by atoms with Gasteiger partial charge < -0.3 is 14.5 Å². The van der Waals surface area contributed by atoms with Crippen molar-refractivity contribution in [1.29, 1.82) is 0 Å². The Labute approximate surface area is 88.4 Å². The highest BCUT2D eigenvalue weighted by Gasteiger charge is 2.13. The second-order valence-corrected chi connectivity index (χ2v) is 3.00. The van der Waals surface area contributed by atoms with Crippen LogP contribution >= 0.6 is 0 Å². The maximum absolute atomic E-state index is 11.2. The summed E-state index contributed by atoms with van der Waals surface area (Å²) >= 11 is 0. The van der Waals surface area contributed by atoms with Gasteiger partial charge in [0.05, 0.1) is 0 Å². The highest BCUT2D eigenvalue weighted by molar-refractivity contribution is 5.03. The standard InChI is InChI=1S/C10H16N2O3/c1-4-14-10(15-5-2)8-6-9(13)12-7(3)11-8/h6,10H,4-5H2,1-3H3,(H,11,12,13). The lowest BCUT2D eigenvalue weighted by Gasteiger charge is -2.15. The number of ether oxygens (including phenoxy) is 2. The highest BCUT2D eigenvalue weighted by Crippen LogP contribution is 2.14. The minimum atomic E-state index is -0.555. The Bertz CT molecular complexity index is 356. The van der Waals surface area contributed by atoms with E-state index < -0.39 is 6.29 Å². The van der Waals surface area contributed by atoms with Gasteiger partial charge in [0.25, 0.3) is 5.56 Å². The smallest absolute Gasteiger partial charge is 0.251 e. The zero-order chi connectivity index (χ0) is 11.3. The van der Waals surface area contributed by atoms with E-state index in [9.17, 15) is 4.79 Å². The molecule has 1 rings (SSSR count). The quantitative estimate of drug-likeness (QED) is 0.743. The molecule has 0 aliphatic carbocycles. The second kappa shape index (κ2) is 5.63. The first-order valence-corrected chi connectivity index (χ1v) is 4.98. The number of hydrogen-bond donors (Lipinski definition) is 1. The third-order valence-corrected chi connectivity index (χ3v) is 1.76. The van der Waals surface area contributed by atoms with E-state index in [-0.39, 0.29) is 5.56 Å². The largest absolute Gasteiger partial charge is 0.347 e. The van der Waals surface area contributed by atoms with Crippen molar-refractivity contribution in [3.63, 3.8) is 0 Å². The van der Waals surface area contributed by atoms with Crippen LogP contribution in [0.4, 0.5) is 0 Å². The van der Waals surface area contributed by atoms with Crippen molar-refractivity contribution in [3.05, 3.63) is 27.9 Å². The van der Waals surface area contributed by atoms with Crippen molar-refractivity contribution in [1.82, 2.24) is 9.97 Å². The first-order valence-electron chi connectivity index (χ1n) is 4.98. The summed E-state index contributed by atoms with van der Waals surface area (Å²) in [7, 11) is 0. The summed E-state index contributed by atoms with van der Waals surface area (Å²) in [6, 6.07) is 1.39. The Morgan fingerprint density at radius 1 is 1.40 bits per heavy atom. The van der Waals surface area contributed by atoms with Crippen LogP contribution in [-0.4, -0.2) is 23.2 Å². The third kappa shape index (κ3) is 3.45. The maximum Gasteiger partial charge on any atom is 0.251 e. The zero-order valence-corrected chi connectivity index (χ0v) is 9.24. The van der Waals surface area contributed by atoms with Crippen molar-refractivity contribution < 1.29 is 9.47 Å². The Kier molecular flexibility index (Phi) is 4.45. The Hall–Kier alpha value is -1.20. The summed E-state index contributed by atoms with van der Waals surface area (Å²) in [6.45, 7) is 6.48. The Morgan fingerprint density at radius 2 is 2.00 bits per heavy atom. The van der Waals surface area contributed by atoms with Crippen LogP contribution in [0.3, 0.4) is 0 Å². The number of rotatable bonds is 5. The molecule has 0 fully saturated rings. The van der Waals surface area contributed by atoms with Crippen LogP contribution in [0.15, 0.2) is 10.9 Å². The van der Waals surface area contributed by atoms with Crippen molar-refractivity contribution >= 4 is 0 Å². The van der Waals surface area contributed by atoms with Gasteiger partial charge in [0.2, 0.25) is 6.29 Å². The predicted octanol–water partition coefficient (Wildman–Crippen LogP) is 1.15. The summed E-state index contributed by atoms with van der Waals surface area (Å²) in [5.74, 6) is 0.557. The van der Waals surface area contributed by atoms with E-state index in [0.29, 0.717) is 24.7 Å². The molecule has 0 unspecified atom stereocenters. The summed E-state index contributed by atoms with van der Waals surface area (Å²) in [5, 5.41) is 0. The van der Waals surface area contributed by atoms with E-state index in [0.717, 1.165) is 0 Å². The molecule has 0 saturated heterocycles. The van der Waals surface area contributed by atoms with Gasteiger partial charge in [0, 0.05) is 19.3 Å². The predicted molar refractivity (Wildman–Crippen MR) is 55.6 cm³/mol. The minimum Gasteiger partial charge on any atom is -0.347 e. The van der Waals surface area contributed by atoms with Gasteiger partial charge in [-0.05, 0) is 20.8 Å². The van der Waals surface area contributed by atoms with Gasteiger partial charge in [-0.15, -0.1) is 0 Å². The molecule has 5 nitrogen and oxygen atoms in total. The summed E-state index contributed by atoms with van der Waals surface area (Å²) in [4.78, 5) is 18.0. The van der Waals surface area contributed by atoms with Crippen LogP contribution in [0.25, 0.3) is 0 Å². The van der Waals surface area contributed by atoms with Crippen LogP contribution in [-0.2, 0) is 9.47 Å². The first kappa shape index (κ1) is 11.9. The van der Waals surface area contributed by atoms with Crippen LogP contribution in [0.1, 0.15) is 31.7 Å². The molecular formula is C10H16N2O3. The SMILES string of the molecule is CCOC(OCC)c1cc(=O)[nH]c(C)n1.